The minimum atomic E-state index is -0.397. The monoisotopic (exact) mass is 330 g/mol. The molecule has 0 aliphatic carbocycles. The number of amides is 2. The van der Waals surface area contributed by atoms with E-state index in [1.54, 1.807) is 6.92 Å². The zero-order chi connectivity index (χ0) is 17.7. The SMILES string of the molecule is CNC(=O)c1cc(C(=O)NC(C)CO)c([C@@H](C)c2ccccc2)o1. The topological polar surface area (TPSA) is 91.6 Å². The molecule has 0 radical (unpaired) electrons. The highest BCUT2D eigenvalue weighted by Gasteiger charge is 2.26. The number of benzene rings is 1. The quantitative estimate of drug-likeness (QED) is 0.754. The molecule has 2 atom stereocenters. The number of hydrogen-bond donors (Lipinski definition) is 3. The first-order valence-corrected chi connectivity index (χ1v) is 7.80. The summed E-state index contributed by atoms with van der Waals surface area (Å²) in [5.74, 6) is -0.478. The van der Waals surface area contributed by atoms with Gasteiger partial charge in [-0.15, -0.1) is 0 Å². The predicted molar refractivity (Wildman–Crippen MR) is 90.1 cm³/mol. The van der Waals surface area contributed by atoms with Crippen LogP contribution in [0.25, 0.3) is 0 Å². The fourth-order valence-corrected chi connectivity index (χ4v) is 2.38. The average molecular weight is 330 g/mol. The van der Waals surface area contributed by atoms with E-state index in [-0.39, 0.29) is 24.2 Å². The van der Waals surface area contributed by atoms with Crippen LogP contribution >= 0.6 is 0 Å². The Morgan fingerprint density at radius 1 is 1.17 bits per heavy atom. The maximum atomic E-state index is 12.5. The second-order valence-electron chi connectivity index (χ2n) is 5.66. The van der Waals surface area contributed by atoms with Crippen molar-refractivity contribution in [1.82, 2.24) is 10.6 Å². The van der Waals surface area contributed by atoms with Gasteiger partial charge in [-0.2, -0.15) is 0 Å². The summed E-state index contributed by atoms with van der Waals surface area (Å²) in [4.78, 5) is 24.3. The fraction of sp³-hybridized carbons (Fsp3) is 0.333. The lowest BCUT2D eigenvalue weighted by Gasteiger charge is -2.14. The van der Waals surface area contributed by atoms with Crippen LogP contribution in [0.3, 0.4) is 0 Å². The van der Waals surface area contributed by atoms with E-state index in [1.165, 1.54) is 13.1 Å². The molecule has 0 spiro atoms. The van der Waals surface area contributed by atoms with Gasteiger partial charge in [0, 0.05) is 25.1 Å². The molecule has 0 aliphatic rings. The fourth-order valence-electron chi connectivity index (χ4n) is 2.38. The Balaban J connectivity index is 2.42. The maximum absolute atomic E-state index is 12.5. The number of carbonyl (C=O) groups is 2. The Kier molecular flexibility index (Phi) is 5.76. The molecule has 0 bridgehead atoms. The maximum Gasteiger partial charge on any atom is 0.286 e. The van der Waals surface area contributed by atoms with E-state index < -0.39 is 11.9 Å². The third-order valence-electron chi connectivity index (χ3n) is 3.80. The summed E-state index contributed by atoms with van der Waals surface area (Å²) in [6.45, 7) is 3.43. The number of nitrogens with one attached hydrogen (secondary N) is 2. The molecule has 0 saturated carbocycles. The number of aliphatic hydroxyl groups is 1. The summed E-state index contributed by atoms with van der Waals surface area (Å²) in [5, 5.41) is 14.3. The van der Waals surface area contributed by atoms with Crippen LogP contribution in [0.15, 0.2) is 40.8 Å². The zero-order valence-electron chi connectivity index (χ0n) is 14.0. The number of carbonyl (C=O) groups excluding carboxylic acids is 2. The van der Waals surface area contributed by atoms with Crippen LogP contribution < -0.4 is 10.6 Å². The molecule has 3 N–H and O–H groups in total. The first-order chi connectivity index (χ1) is 11.5. The summed E-state index contributed by atoms with van der Waals surface area (Å²) < 4.78 is 5.68. The highest BCUT2D eigenvalue weighted by Crippen LogP contribution is 2.29. The molecular formula is C18H22N2O4. The lowest BCUT2D eigenvalue weighted by molar-refractivity contribution is 0.0915. The van der Waals surface area contributed by atoms with Gasteiger partial charge in [-0.1, -0.05) is 37.3 Å². The molecular weight excluding hydrogens is 308 g/mol. The van der Waals surface area contributed by atoms with Crippen LogP contribution in [0, 0.1) is 0 Å². The number of hydrogen-bond acceptors (Lipinski definition) is 4. The van der Waals surface area contributed by atoms with E-state index in [1.807, 2.05) is 37.3 Å². The number of furan rings is 1. The Hall–Kier alpha value is -2.60. The van der Waals surface area contributed by atoms with Crippen LogP contribution in [-0.2, 0) is 0 Å². The van der Waals surface area contributed by atoms with Crippen LogP contribution in [0.2, 0.25) is 0 Å². The molecule has 1 aromatic heterocycles. The standard InChI is InChI=1S/C18H22N2O4/c1-11(10-21)20-17(22)14-9-15(18(23)19-3)24-16(14)12(2)13-7-5-4-6-8-13/h4-9,11-12,21H,10H2,1-3H3,(H,19,23)(H,20,22)/t11?,12-/m0/s1. The molecule has 2 rings (SSSR count). The number of aliphatic hydroxyl groups excluding tert-OH is 1. The molecule has 1 unspecified atom stereocenters. The second kappa shape index (κ2) is 7.79. The molecule has 2 amide bonds. The summed E-state index contributed by atoms with van der Waals surface area (Å²) in [6, 6.07) is 10.6. The Bertz CT molecular complexity index is 709. The molecule has 128 valence electrons. The van der Waals surface area contributed by atoms with Crippen molar-refractivity contribution in [2.75, 3.05) is 13.7 Å². The van der Waals surface area contributed by atoms with Crippen molar-refractivity contribution in [2.24, 2.45) is 0 Å². The third-order valence-corrected chi connectivity index (χ3v) is 3.80. The van der Waals surface area contributed by atoms with Crippen molar-refractivity contribution in [3.05, 3.63) is 59.0 Å². The van der Waals surface area contributed by atoms with Crippen LogP contribution in [-0.4, -0.2) is 36.6 Å². The molecule has 1 heterocycles. The summed E-state index contributed by atoms with van der Waals surface area (Å²) in [5.41, 5.74) is 1.27. The van der Waals surface area contributed by atoms with Gasteiger partial charge in [0.05, 0.1) is 12.2 Å². The summed E-state index contributed by atoms with van der Waals surface area (Å²) in [7, 11) is 1.50. The smallest absolute Gasteiger partial charge is 0.286 e. The lowest BCUT2D eigenvalue weighted by atomic mass is 9.96. The van der Waals surface area contributed by atoms with Crippen molar-refractivity contribution in [3.8, 4) is 0 Å². The molecule has 2 aromatic rings. The van der Waals surface area contributed by atoms with E-state index >= 15 is 0 Å². The zero-order valence-corrected chi connectivity index (χ0v) is 14.0. The van der Waals surface area contributed by atoms with E-state index in [9.17, 15) is 9.59 Å². The van der Waals surface area contributed by atoms with Gasteiger partial charge in [-0.3, -0.25) is 9.59 Å². The largest absolute Gasteiger partial charge is 0.454 e. The van der Waals surface area contributed by atoms with Crippen molar-refractivity contribution in [3.63, 3.8) is 0 Å². The molecule has 0 fully saturated rings. The lowest BCUT2D eigenvalue weighted by Crippen LogP contribution is -2.35. The molecule has 24 heavy (non-hydrogen) atoms. The van der Waals surface area contributed by atoms with Gasteiger partial charge < -0.3 is 20.2 Å². The Morgan fingerprint density at radius 2 is 1.83 bits per heavy atom. The molecule has 0 saturated heterocycles. The highest BCUT2D eigenvalue weighted by molar-refractivity contribution is 5.99. The molecule has 0 aliphatic heterocycles. The Labute approximate surface area is 140 Å². The highest BCUT2D eigenvalue weighted by atomic mass is 16.4. The average Bonchev–Trinajstić information content (AvgIpc) is 3.06. The third kappa shape index (κ3) is 3.83. The van der Waals surface area contributed by atoms with Gasteiger partial charge >= 0.3 is 0 Å². The van der Waals surface area contributed by atoms with Gasteiger partial charge in [-0.05, 0) is 12.5 Å². The first-order valence-electron chi connectivity index (χ1n) is 7.80. The van der Waals surface area contributed by atoms with Crippen molar-refractivity contribution >= 4 is 11.8 Å². The second-order valence-corrected chi connectivity index (χ2v) is 5.66. The van der Waals surface area contributed by atoms with Crippen molar-refractivity contribution in [1.29, 1.82) is 0 Å². The van der Waals surface area contributed by atoms with E-state index in [0.717, 1.165) is 5.56 Å². The Morgan fingerprint density at radius 3 is 2.42 bits per heavy atom. The normalized spacial score (nSPS) is 13.2. The van der Waals surface area contributed by atoms with Gasteiger partial charge in [0.1, 0.15) is 5.76 Å². The molecule has 6 nitrogen and oxygen atoms in total. The van der Waals surface area contributed by atoms with Crippen molar-refractivity contribution in [2.45, 2.75) is 25.8 Å². The van der Waals surface area contributed by atoms with E-state index in [0.29, 0.717) is 11.3 Å². The van der Waals surface area contributed by atoms with E-state index in [2.05, 4.69) is 10.6 Å². The van der Waals surface area contributed by atoms with Crippen molar-refractivity contribution < 1.29 is 19.1 Å². The van der Waals surface area contributed by atoms with Crippen LogP contribution in [0.4, 0.5) is 0 Å². The molecule has 1 aromatic carbocycles. The molecule has 6 heteroatoms. The first kappa shape index (κ1) is 17.7. The van der Waals surface area contributed by atoms with Gasteiger partial charge in [0.25, 0.3) is 11.8 Å². The summed E-state index contributed by atoms with van der Waals surface area (Å²) in [6.07, 6.45) is 0. The summed E-state index contributed by atoms with van der Waals surface area (Å²) >= 11 is 0. The minimum absolute atomic E-state index is 0.0806. The van der Waals surface area contributed by atoms with Crippen LogP contribution in [0.5, 0.6) is 0 Å². The number of rotatable bonds is 6. The predicted octanol–water partition coefficient (Wildman–Crippen LogP) is 1.90. The van der Waals surface area contributed by atoms with Gasteiger partial charge in [-0.25, -0.2) is 0 Å². The van der Waals surface area contributed by atoms with E-state index in [4.69, 9.17) is 9.52 Å². The van der Waals surface area contributed by atoms with Gasteiger partial charge in [0.15, 0.2) is 5.76 Å². The minimum Gasteiger partial charge on any atom is -0.454 e. The van der Waals surface area contributed by atoms with Gasteiger partial charge in [0.2, 0.25) is 0 Å². The van der Waals surface area contributed by atoms with Crippen LogP contribution in [0.1, 0.15) is 52.0 Å².